The van der Waals surface area contributed by atoms with Gasteiger partial charge in [0.15, 0.2) is 0 Å². The van der Waals surface area contributed by atoms with Gasteiger partial charge in [0.25, 0.3) is 0 Å². The summed E-state index contributed by atoms with van der Waals surface area (Å²) in [6.07, 6.45) is 5.10. The highest BCUT2D eigenvalue weighted by Crippen LogP contribution is 2.34. The quantitative estimate of drug-likeness (QED) is 0.153. The molecule has 2 aliphatic rings. The van der Waals surface area contributed by atoms with Crippen LogP contribution in [0.15, 0.2) is 84.9 Å². The van der Waals surface area contributed by atoms with Crippen LogP contribution in [0.4, 0.5) is 0 Å². The van der Waals surface area contributed by atoms with Crippen molar-refractivity contribution < 1.29 is 0 Å². The van der Waals surface area contributed by atoms with Crippen molar-refractivity contribution in [2.45, 2.75) is 52.2 Å². The third-order valence-electron chi connectivity index (χ3n) is 8.37. The van der Waals surface area contributed by atoms with Crippen molar-refractivity contribution in [3.8, 4) is 33.7 Å². The molecule has 0 saturated carbocycles. The van der Waals surface area contributed by atoms with Crippen LogP contribution < -0.4 is 0 Å². The zero-order chi connectivity index (χ0) is 31.3. The smallest absolute Gasteiger partial charge is 0.129 e. The Hall–Kier alpha value is -4.92. The van der Waals surface area contributed by atoms with E-state index >= 15 is 0 Å². The average molecular weight is 603 g/mol. The van der Waals surface area contributed by atoms with Crippen LogP contribution in [0.3, 0.4) is 0 Å². The molecule has 2 aliphatic heterocycles. The molecule has 0 spiro atoms. The number of rotatable bonds is 2. The van der Waals surface area contributed by atoms with Crippen LogP contribution in [-0.4, -0.2) is 28.0 Å². The van der Waals surface area contributed by atoms with Crippen molar-refractivity contribution in [1.82, 2.24) is 19.9 Å². The molecule has 2 N–H and O–H groups in total. The Morgan fingerprint density at radius 1 is 0.733 bits per heavy atom. The van der Waals surface area contributed by atoms with Crippen molar-refractivity contribution in [1.29, 1.82) is 0 Å². The van der Waals surface area contributed by atoms with Gasteiger partial charge in [-0.05, 0) is 78.7 Å². The van der Waals surface area contributed by atoms with Gasteiger partial charge in [-0.15, -0.1) is 5.54 Å². The van der Waals surface area contributed by atoms with Crippen molar-refractivity contribution >= 4 is 42.3 Å². The van der Waals surface area contributed by atoms with E-state index in [2.05, 4.69) is 159 Å². The molecular weight excluding hydrogens is 565 g/mol. The standard InChI is InChI=1S/C40H38N4Si/c1-26-7-11-29(12-8-26)39-35-17-15-30(41-35)23-37-34(28-13-9-27(10-14-28)19-20-45(4,5)6)22-32(43-37)21-33-25-40(2,3)38(44-33)24-31-16-18-36(39)42-31/h7-18,21-24,42-43H,25H2,1-6H3. The summed E-state index contributed by atoms with van der Waals surface area (Å²) >= 11 is 0. The topological polar surface area (TPSA) is 57.4 Å². The molecule has 222 valence electrons. The van der Waals surface area contributed by atoms with E-state index < -0.39 is 8.07 Å². The SMILES string of the molecule is Cc1ccc(-c2c3nc(cc4[nH]c(cc5nc(cc6ccc2[nH]6)C(C)(C)C5)cc4-c2ccc(C#C[Si](C)(C)C)cc2)C=C3)cc1. The first kappa shape index (κ1) is 28.8. The number of aryl methyl sites for hydroxylation is 1. The van der Waals surface area contributed by atoms with Crippen molar-refractivity contribution in [2.24, 2.45) is 0 Å². The molecule has 5 aromatic rings. The van der Waals surface area contributed by atoms with E-state index in [1.807, 2.05) is 0 Å². The lowest BCUT2D eigenvalue weighted by Gasteiger charge is -2.15. The Morgan fingerprint density at radius 2 is 1.47 bits per heavy atom. The number of fused-ring (bicyclic) bond motifs is 8. The number of benzene rings is 2. The van der Waals surface area contributed by atoms with Crippen molar-refractivity contribution in [3.05, 3.63) is 119 Å². The van der Waals surface area contributed by atoms with E-state index in [1.54, 1.807) is 0 Å². The van der Waals surface area contributed by atoms with Crippen molar-refractivity contribution in [2.75, 3.05) is 0 Å². The second kappa shape index (κ2) is 10.9. The molecule has 4 nitrogen and oxygen atoms in total. The van der Waals surface area contributed by atoms with Gasteiger partial charge in [0, 0.05) is 62.0 Å². The minimum atomic E-state index is -1.45. The Bertz CT molecular complexity index is 2190. The number of H-pyrrole nitrogens is 2. The van der Waals surface area contributed by atoms with Crippen LogP contribution in [0.25, 0.3) is 56.5 Å². The molecule has 0 aliphatic carbocycles. The first-order chi connectivity index (χ1) is 21.5. The summed E-state index contributed by atoms with van der Waals surface area (Å²) in [6, 6.07) is 30.4. The first-order valence-corrected chi connectivity index (χ1v) is 19.1. The number of nitrogens with zero attached hydrogens (tertiary/aromatic N) is 2. The second-order valence-electron chi connectivity index (χ2n) is 13.9. The lowest BCUT2D eigenvalue weighted by atomic mass is 9.87. The molecule has 2 aromatic carbocycles. The first-order valence-electron chi connectivity index (χ1n) is 15.6. The summed E-state index contributed by atoms with van der Waals surface area (Å²) in [5.41, 5.74) is 18.3. The highest BCUT2D eigenvalue weighted by Gasteiger charge is 2.28. The molecule has 0 radical (unpaired) electrons. The highest BCUT2D eigenvalue weighted by atomic mass is 28.3. The van der Waals surface area contributed by atoms with Gasteiger partial charge in [-0.2, -0.15) is 0 Å². The zero-order valence-electron chi connectivity index (χ0n) is 26.8. The monoisotopic (exact) mass is 602 g/mol. The summed E-state index contributed by atoms with van der Waals surface area (Å²) in [5, 5.41) is 0. The minimum absolute atomic E-state index is 0.0759. The summed E-state index contributed by atoms with van der Waals surface area (Å²) < 4.78 is 0. The largest absolute Gasteiger partial charge is 0.355 e. The van der Waals surface area contributed by atoms with Crippen LogP contribution in [0.2, 0.25) is 19.6 Å². The Balaban J connectivity index is 1.49. The fourth-order valence-corrected chi connectivity index (χ4v) is 6.51. The van der Waals surface area contributed by atoms with E-state index in [0.29, 0.717) is 0 Å². The van der Waals surface area contributed by atoms with Crippen LogP contribution in [0.1, 0.15) is 47.8 Å². The van der Waals surface area contributed by atoms with Gasteiger partial charge in [0.2, 0.25) is 0 Å². The summed E-state index contributed by atoms with van der Waals surface area (Å²) in [5.74, 6) is 3.38. The maximum atomic E-state index is 5.15. The highest BCUT2D eigenvalue weighted by molar-refractivity contribution is 6.83. The number of hydrogen-bond acceptors (Lipinski definition) is 2. The maximum Gasteiger partial charge on any atom is 0.129 e. The maximum absolute atomic E-state index is 5.15. The number of nitrogens with one attached hydrogen (secondary N) is 2. The van der Waals surface area contributed by atoms with Gasteiger partial charge in [-0.1, -0.05) is 81.4 Å². The molecular formula is C40H38N4Si. The molecule has 0 saturated heterocycles. The van der Waals surface area contributed by atoms with E-state index in [-0.39, 0.29) is 5.41 Å². The van der Waals surface area contributed by atoms with Gasteiger partial charge >= 0.3 is 0 Å². The van der Waals surface area contributed by atoms with Gasteiger partial charge in [0.1, 0.15) is 8.07 Å². The van der Waals surface area contributed by atoms with Gasteiger partial charge < -0.3 is 9.97 Å². The third kappa shape index (κ3) is 6.07. The molecule has 0 atom stereocenters. The molecule has 5 heteroatoms. The molecule has 0 fully saturated rings. The lowest BCUT2D eigenvalue weighted by Crippen LogP contribution is -2.16. The van der Waals surface area contributed by atoms with Gasteiger partial charge in [-0.3, -0.25) is 4.98 Å². The Kier molecular flexibility index (Phi) is 6.99. The van der Waals surface area contributed by atoms with Gasteiger partial charge in [-0.25, -0.2) is 4.98 Å². The summed E-state index contributed by atoms with van der Waals surface area (Å²) in [6.45, 7) is 13.5. The molecule has 0 amide bonds. The predicted molar refractivity (Wildman–Crippen MR) is 192 cm³/mol. The number of aromatic nitrogens is 4. The number of hydrogen-bond donors (Lipinski definition) is 2. The summed E-state index contributed by atoms with van der Waals surface area (Å²) in [7, 11) is -1.45. The normalized spacial score (nSPS) is 13.8. The molecule has 8 bridgehead atoms. The van der Waals surface area contributed by atoms with Crippen LogP contribution in [0.5, 0.6) is 0 Å². The van der Waals surface area contributed by atoms with Gasteiger partial charge in [0.05, 0.1) is 11.4 Å². The average Bonchev–Trinajstić information content (AvgIpc) is 3.77. The third-order valence-corrected chi connectivity index (χ3v) is 9.24. The second-order valence-corrected chi connectivity index (χ2v) is 18.7. The molecule has 0 unspecified atom stereocenters. The molecule has 45 heavy (non-hydrogen) atoms. The minimum Gasteiger partial charge on any atom is -0.355 e. The number of aromatic amines is 2. The van der Waals surface area contributed by atoms with Crippen LogP contribution in [-0.2, 0) is 11.8 Å². The summed E-state index contributed by atoms with van der Waals surface area (Å²) in [4.78, 5) is 17.6. The Labute approximate surface area is 266 Å². The fourth-order valence-electron chi connectivity index (χ4n) is 5.99. The predicted octanol–water partition coefficient (Wildman–Crippen LogP) is 9.88. The molecule has 7 rings (SSSR count). The van der Waals surface area contributed by atoms with E-state index in [9.17, 15) is 0 Å². The van der Waals surface area contributed by atoms with Crippen LogP contribution in [0, 0.1) is 18.4 Å². The molecule has 5 heterocycles. The fraction of sp³-hybridized carbons (Fsp3) is 0.200. The van der Waals surface area contributed by atoms with E-state index in [1.165, 1.54) is 5.56 Å². The lowest BCUT2D eigenvalue weighted by molar-refractivity contribution is 0.543. The van der Waals surface area contributed by atoms with E-state index in [4.69, 9.17) is 9.97 Å². The Morgan fingerprint density at radius 3 is 2.22 bits per heavy atom. The molecule has 3 aromatic heterocycles. The van der Waals surface area contributed by atoms with Crippen molar-refractivity contribution in [3.63, 3.8) is 0 Å². The van der Waals surface area contributed by atoms with Crippen LogP contribution >= 0.6 is 0 Å². The zero-order valence-corrected chi connectivity index (χ0v) is 27.8. The van der Waals surface area contributed by atoms with E-state index in [0.717, 1.165) is 79.1 Å².